The highest BCUT2D eigenvalue weighted by atomic mass is 16.2. The van der Waals surface area contributed by atoms with Crippen molar-refractivity contribution in [1.29, 1.82) is 0 Å². The molecule has 3 N–H and O–H groups in total. The van der Waals surface area contributed by atoms with Crippen molar-refractivity contribution in [2.75, 3.05) is 61.3 Å². The number of aromatic nitrogens is 1. The van der Waals surface area contributed by atoms with Crippen LogP contribution in [0.25, 0.3) is 0 Å². The second kappa shape index (κ2) is 10.3. The summed E-state index contributed by atoms with van der Waals surface area (Å²) in [7, 11) is 0. The third-order valence-electron chi connectivity index (χ3n) is 8.39. The van der Waals surface area contributed by atoms with Gasteiger partial charge >= 0.3 is 0 Å². The molecule has 11 nitrogen and oxygen atoms in total. The zero-order valence-corrected chi connectivity index (χ0v) is 21.8. The molecule has 0 saturated carbocycles. The number of nitrogens with two attached hydrogens (primary N) is 1. The first-order chi connectivity index (χ1) is 18.9. The molecule has 3 saturated heterocycles. The molecule has 0 radical (unpaired) electrons. The van der Waals surface area contributed by atoms with Crippen LogP contribution < -0.4 is 20.9 Å². The lowest BCUT2D eigenvalue weighted by Gasteiger charge is -2.40. The second-order valence-corrected chi connectivity index (χ2v) is 10.8. The Kier molecular flexibility index (Phi) is 6.68. The molecule has 11 heteroatoms. The Morgan fingerprint density at radius 3 is 2.28 bits per heavy atom. The highest BCUT2D eigenvalue weighted by Crippen LogP contribution is 2.31. The number of piperidine rings is 2. The number of nitrogen functional groups attached to an aromatic ring is 1. The van der Waals surface area contributed by atoms with Crippen molar-refractivity contribution in [2.45, 2.75) is 31.7 Å². The molecule has 0 bridgehead atoms. The van der Waals surface area contributed by atoms with Crippen LogP contribution in [0.3, 0.4) is 0 Å². The van der Waals surface area contributed by atoms with Gasteiger partial charge in [-0.25, -0.2) is 4.98 Å². The van der Waals surface area contributed by atoms with E-state index < -0.39 is 23.8 Å². The Morgan fingerprint density at radius 1 is 0.846 bits per heavy atom. The van der Waals surface area contributed by atoms with Crippen LogP contribution in [0, 0.1) is 5.92 Å². The fourth-order valence-electron chi connectivity index (χ4n) is 6.14. The SMILES string of the molecule is Nc1ccc(N2CCC(CN3CCN(c4ccc5c(c4)C(=O)N(C4CCC(=O)NC4=O)C5=O)CC3)CC2)nc1. The largest absolute Gasteiger partial charge is 0.397 e. The average Bonchev–Trinajstić information content (AvgIpc) is 3.19. The van der Waals surface area contributed by atoms with Gasteiger partial charge in [-0.2, -0.15) is 0 Å². The molecule has 1 aromatic heterocycles. The lowest BCUT2D eigenvalue weighted by molar-refractivity contribution is -0.136. The van der Waals surface area contributed by atoms with Gasteiger partial charge in [0.2, 0.25) is 11.8 Å². The molecule has 1 atom stereocenters. The summed E-state index contributed by atoms with van der Waals surface area (Å²) in [4.78, 5) is 62.5. The molecule has 0 aliphatic carbocycles. The van der Waals surface area contributed by atoms with Crippen LogP contribution in [-0.2, 0) is 9.59 Å². The summed E-state index contributed by atoms with van der Waals surface area (Å²) in [5.41, 5.74) is 7.99. The number of benzene rings is 1. The summed E-state index contributed by atoms with van der Waals surface area (Å²) < 4.78 is 0. The highest BCUT2D eigenvalue weighted by molar-refractivity contribution is 6.23. The van der Waals surface area contributed by atoms with Crippen LogP contribution in [0.1, 0.15) is 46.4 Å². The number of rotatable bonds is 5. The van der Waals surface area contributed by atoms with Crippen molar-refractivity contribution in [2.24, 2.45) is 5.92 Å². The molecule has 5 heterocycles. The standard InChI is InChI=1S/C28H33N7O4/c29-19-1-5-24(30-16-19)34-9-7-18(8-10-34)17-32-11-13-33(14-12-32)20-2-3-21-22(15-20)28(39)35(27(21)38)23-4-6-25(36)31-26(23)37/h1-3,5,15-16,18,23H,4,6-14,17,29H2,(H,31,36,37). The van der Waals surface area contributed by atoms with Crippen LogP contribution in [0.2, 0.25) is 0 Å². The molecule has 4 amide bonds. The van der Waals surface area contributed by atoms with Crippen LogP contribution in [-0.4, -0.2) is 90.3 Å². The van der Waals surface area contributed by atoms with Gasteiger partial charge in [0.25, 0.3) is 11.8 Å². The Balaban J connectivity index is 1.03. The maximum absolute atomic E-state index is 13.2. The van der Waals surface area contributed by atoms with Crippen LogP contribution in [0.5, 0.6) is 0 Å². The number of anilines is 3. The average molecular weight is 532 g/mol. The first-order valence-electron chi connectivity index (χ1n) is 13.7. The van der Waals surface area contributed by atoms with Gasteiger partial charge in [0.1, 0.15) is 11.9 Å². The van der Waals surface area contributed by atoms with E-state index in [1.165, 1.54) is 0 Å². The fourth-order valence-corrected chi connectivity index (χ4v) is 6.14. The Labute approximate surface area is 226 Å². The maximum Gasteiger partial charge on any atom is 0.262 e. The Hall–Kier alpha value is -3.99. The van der Waals surface area contributed by atoms with Gasteiger partial charge in [-0.15, -0.1) is 0 Å². The van der Waals surface area contributed by atoms with Crippen molar-refractivity contribution in [1.82, 2.24) is 20.1 Å². The van der Waals surface area contributed by atoms with Crippen molar-refractivity contribution in [3.63, 3.8) is 0 Å². The van der Waals surface area contributed by atoms with Gasteiger partial charge in [-0.05, 0) is 55.5 Å². The van der Waals surface area contributed by atoms with E-state index >= 15 is 0 Å². The van der Waals surface area contributed by atoms with Crippen molar-refractivity contribution >= 4 is 40.8 Å². The van der Waals surface area contributed by atoms with Crippen molar-refractivity contribution < 1.29 is 19.2 Å². The number of amides is 4. The number of hydrogen-bond acceptors (Lipinski definition) is 9. The van der Waals surface area contributed by atoms with Gasteiger partial charge in [0, 0.05) is 57.9 Å². The van der Waals surface area contributed by atoms with E-state index in [2.05, 4.69) is 25.0 Å². The van der Waals surface area contributed by atoms with Gasteiger partial charge in [0.15, 0.2) is 0 Å². The first-order valence-corrected chi connectivity index (χ1v) is 13.7. The van der Waals surface area contributed by atoms with E-state index in [1.807, 2.05) is 18.2 Å². The minimum atomic E-state index is -0.947. The van der Waals surface area contributed by atoms with E-state index in [1.54, 1.807) is 18.3 Å². The summed E-state index contributed by atoms with van der Waals surface area (Å²) >= 11 is 0. The molecular formula is C28H33N7O4. The van der Waals surface area contributed by atoms with Crippen molar-refractivity contribution in [3.8, 4) is 0 Å². The number of piperazine rings is 1. The third-order valence-corrected chi connectivity index (χ3v) is 8.39. The molecule has 1 aromatic carbocycles. The molecule has 1 unspecified atom stereocenters. The first kappa shape index (κ1) is 25.3. The van der Waals surface area contributed by atoms with Gasteiger partial charge in [0.05, 0.1) is 23.0 Å². The number of fused-ring (bicyclic) bond motifs is 1. The third kappa shape index (κ3) is 4.94. The molecular weight excluding hydrogens is 498 g/mol. The number of nitrogens with one attached hydrogen (secondary N) is 1. The van der Waals surface area contributed by atoms with E-state index in [4.69, 9.17) is 5.73 Å². The number of carbonyl (C=O) groups is 4. The summed E-state index contributed by atoms with van der Waals surface area (Å²) in [6.07, 6.45) is 4.25. The summed E-state index contributed by atoms with van der Waals surface area (Å²) in [6, 6.07) is 8.29. The smallest absolute Gasteiger partial charge is 0.262 e. The van der Waals surface area contributed by atoms with Crippen LogP contribution in [0.15, 0.2) is 36.5 Å². The predicted octanol–water partition coefficient (Wildman–Crippen LogP) is 1.10. The summed E-state index contributed by atoms with van der Waals surface area (Å²) in [5, 5.41) is 2.24. The van der Waals surface area contributed by atoms with Crippen LogP contribution in [0.4, 0.5) is 17.2 Å². The van der Waals surface area contributed by atoms with E-state index in [0.717, 1.165) is 75.1 Å². The molecule has 4 aliphatic heterocycles. The van der Waals surface area contributed by atoms with Gasteiger partial charge < -0.3 is 15.5 Å². The molecule has 0 spiro atoms. The second-order valence-electron chi connectivity index (χ2n) is 10.8. The molecule has 2 aromatic rings. The number of nitrogens with zero attached hydrogens (tertiary/aromatic N) is 5. The zero-order valence-electron chi connectivity index (χ0n) is 21.8. The zero-order chi connectivity index (χ0) is 27.1. The molecule has 204 valence electrons. The Morgan fingerprint density at radius 2 is 1.59 bits per heavy atom. The van der Waals surface area contributed by atoms with E-state index in [9.17, 15) is 19.2 Å². The highest BCUT2D eigenvalue weighted by Gasteiger charge is 2.44. The Bertz CT molecular complexity index is 1300. The van der Waals surface area contributed by atoms with E-state index in [0.29, 0.717) is 22.7 Å². The van der Waals surface area contributed by atoms with E-state index in [-0.39, 0.29) is 18.7 Å². The minimum absolute atomic E-state index is 0.109. The normalized spacial score (nSPS) is 22.9. The maximum atomic E-state index is 13.2. The van der Waals surface area contributed by atoms with Crippen molar-refractivity contribution in [3.05, 3.63) is 47.7 Å². The lowest BCUT2D eigenvalue weighted by Crippen LogP contribution is -2.54. The van der Waals surface area contributed by atoms with Crippen LogP contribution >= 0.6 is 0 Å². The lowest BCUT2D eigenvalue weighted by atomic mass is 9.96. The number of pyridine rings is 1. The molecule has 6 rings (SSSR count). The minimum Gasteiger partial charge on any atom is -0.397 e. The summed E-state index contributed by atoms with van der Waals surface area (Å²) in [6.45, 7) is 6.63. The van der Waals surface area contributed by atoms with Gasteiger partial charge in [-0.3, -0.25) is 34.3 Å². The summed E-state index contributed by atoms with van der Waals surface area (Å²) in [5.74, 6) is -0.265. The number of carbonyl (C=O) groups excluding carboxylic acids is 4. The fraction of sp³-hybridized carbons (Fsp3) is 0.464. The molecule has 3 fully saturated rings. The van der Waals surface area contributed by atoms with Gasteiger partial charge in [-0.1, -0.05) is 0 Å². The molecule has 39 heavy (non-hydrogen) atoms. The monoisotopic (exact) mass is 531 g/mol. The molecule has 4 aliphatic rings. The predicted molar refractivity (Wildman–Crippen MR) is 145 cm³/mol. The quantitative estimate of drug-likeness (QED) is 0.545. The number of imide groups is 2. The topological polar surface area (TPSA) is 132 Å². The number of hydrogen-bond donors (Lipinski definition) is 2.